The largest absolute Gasteiger partial charge is 0.353 e. The summed E-state index contributed by atoms with van der Waals surface area (Å²) in [5.74, 6) is 0.922. The zero-order chi connectivity index (χ0) is 12.3. The molecule has 17 heavy (non-hydrogen) atoms. The molecule has 1 saturated heterocycles. The summed E-state index contributed by atoms with van der Waals surface area (Å²) in [5, 5.41) is 3.05. The number of hydrogen-bond acceptors (Lipinski definition) is 3. The summed E-state index contributed by atoms with van der Waals surface area (Å²) in [6, 6.07) is 0.692. The minimum Gasteiger partial charge on any atom is -0.353 e. The zero-order valence-electron chi connectivity index (χ0n) is 10.8. The summed E-state index contributed by atoms with van der Waals surface area (Å²) in [7, 11) is 0. The van der Waals surface area contributed by atoms with E-state index in [1.807, 2.05) is 0 Å². The van der Waals surface area contributed by atoms with Crippen LogP contribution < -0.4 is 11.1 Å². The van der Waals surface area contributed by atoms with Gasteiger partial charge in [-0.2, -0.15) is 0 Å². The van der Waals surface area contributed by atoms with Gasteiger partial charge in [0.25, 0.3) is 0 Å². The SMILES string of the molecule is CC1CCCN(C(CN)CC(=O)NC2CC2)C1. The number of likely N-dealkylation sites (tertiary alicyclic amines) is 1. The van der Waals surface area contributed by atoms with E-state index in [-0.39, 0.29) is 11.9 Å². The molecule has 2 atom stereocenters. The number of hydrogen-bond donors (Lipinski definition) is 2. The monoisotopic (exact) mass is 239 g/mol. The van der Waals surface area contributed by atoms with Gasteiger partial charge in [-0.05, 0) is 38.1 Å². The number of amides is 1. The molecule has 0 radical (unpaired) electrons. The topological polar surface area (TPSA) is 58.4 Å². The molecule has 4 heteroatoms. The molecule has 0 aromatic heterocycles. The van der Waals surface area contributed by atoms with E-state index >= 15 is 0 Å². The lowest BCUT2D eigenvalue weighted by atomic mass is 9.98. The Kier molecular flexibility index (Phi) is 4.40. The third-order valence-corrected chi connectivity index (χ3v) is 3.84. The van der Waals surface area contributed by atoms with Crippen LogP contribution in [0.1, 0.15) is 39.0 Å². The lowest BCUT2D eigenvalue weighted by Gasteiger charge is -2.36. The molecule has 98 valence electrons. The highest BCUT2D eigenvalue weighted by Crippen LogP contribution is 2.21. The summed E-state index contributed by atoms with van der Waals surface area (Å²) in [4.78, 5) is 14.2. The highest BCUT2D eigenvalue weighted by molar-refractivity contribution is 5.77. The van der Waals surface area contributed by atoms with E-state index in [2.05, 4.69) is 17.1 Å². The predicted molar refractivity (Wildman–Crippen MR) is 68.6 cm³/mol. The normalized spacial score (nSPS) is 27.8. The van der Waals surface area contributed by atoms with Crippen molar-refractivity contribution in [2.75, 3.05) is 19.6 Å². The van der Waals surface area contributed by atoms with Gasteiger partial charge in [0.15, 0.2) is 0 Å². The van der Waals surface area contributed by atoms with Crippen LogP contribution in [0.5, 0.6) is 0 Å². The molecule has 1 heterocycles. The van der Waals surface area contributed by atoms with E-state index in [1.165, 1.54) is 12.8 Å². The Balaban J connectivity index is 1.79. The second-order valence-electron chi connectivity index (χ2n) is 5.68. The molecule has 1 saturated carbocycles. The van der Waals surface area contributed by atoms with Crippen LogP contribution >= 0.6 is 0 Å². The Bertz CT molecular complexity index is 265. The number of nitrogens with one attached hydrogen (secondary N) is 1. The zero-order valence-corrected chi connectivity index (χ0v) is 10.8. The lowest BCUT2D eigenvalue weighted by Crippen LogP contribution is -2.48. The molecule has 2 rings (SSSR count). The first-order valence-corrected chi connectivity index (χ1v) is 6.92. The number of rotatable bonds is 5. The molecule has 0 spiro atoms. The smallest absolute Gasteiger partial charge is 0.221 e. The number of piperidine rings is 1. The minimum atomic E-state index is 0.182. The van der Waals surface area contributed by atoms with Crippen LogP contribution in [0.25, 0.3) is 0 Å². The van der Waals surface area contributed by atoms with Crippen molar-refractivity contribution in [3.05, 3.63) is 0 Å². The van der Waals surface area contributed by atoms with Crippen molar-refractivity contribution in [1.82, 2.24) is 10.2 Å². The molecule has 3 N–H and O–H groups in total. The Morgan fingerprint density at radius 2 is 2.24 bits per heavy atom. The van der Waals surface area contributed by atoms with E-state index < -0.39 is 0 Å². The van der Waals surface area contributed by atoms with Gasteiger partial charge in [-0.25, -0.2) is 0 Å². The molecule has 0 aromatic carbocycles. The molecule has 0 bridgehead atoms. The predicted octanol–water partition coefficient (Wildman–Crippen LogP) is 0.714. The van der Waals surface area contributed by atoms with Gasteiger partial charge < -0.3 is 11.1 Å². The van der Waals surface area contributed by atoms with Crippen LogP contribution in [0.4, 0.5) is 0 Å². The molecule has 2 unspecified atom stereocenters. The van der Waals surface area contributed by atoms with Crippen LogP contribution in [0, 0.1) is 5.92 Å². The molecule has 4 nitrogen and oxygen atoms in total. The van der Waals surface area contributed by atoms with Crippen molar-refractivity contribution >= 4 is 5.91 Å². The van der Waals surface area contributed by atoms with Crippen molar-refractivity contribution in [2.45, 2.75) is 51.1 Å². The van der Waals surface area contributed by atoms with Crippen LogP contribution in [-0.2, 0) is 4.79 Å². The van der Waals surface area contributed by atoms with Crippen molar-refractivity contribution < 1.29 is 4.79 Å². The van der Waals surface area contributed by atoms with E-state index in [9.17, 15) is 4.79 Å². The first kappa shape index (κ1) is 12.8. The van der Waals surface area contributed by atoms with Crippen molar-refractivity contribution in [3.8, 4) is 0 Å². The third kappa shape index (κ3) is 3.96. The van der Waals surface area contributed by atoms with Crippen LogP contribution in [-0.4, -0.2) is 42.5 Å². The molecule has 0 aromatic rings. The maximum Gasteiger partial charge on any atom is 0.221 e. The van der Waals surface area contributed by atoms with Gasteiger partial charge in [0.2, 0.25) is 5.91 Å². The summed E-state index contributed by atoms with van der Waals surface area (Å²) >= 11 is 0. The van der Waals surface area contributed by atoms with E-state index in [1.54, 1.807) is 0 Å². The molecule has 2 fully saturated rings. The second-order valence-corrected chi connectivity index (χ2v) is 5.68. The Hall–Kier alpha value is -0.610. The Morgan fingerprint density at radius 1 is 1.47 bits per heavy atom. The summed E-state index contributed by atoms with van der Waals surface area (Å²) in [6.45, 7) is 5.07. The lowest BCUT2D eigenvalue weighted by molar-refractivity contribution is -0.122. The quantitative estimate of drug-likeness (QED) is 0.743. The van der Waals surface area contributed by atoms with E-state index in [4.69, 9.17) is 5.73 Å². The highest BCUT2D eigenvalue weighted by atomic mass is 16.1. The van der Waals surface area contributed by atoms with Crippen molar-refractivity contribution in [1.29, 1.82) is 0 Å². The van der Waals surface area contributed by atoms with Gasteiger partial charge in [0.1, 0.15) is 0 Å². The number of nitrogens with two attached hydrogens (primary N) is 1. The summed E-state index contributed by atoms with van der Waals surface area (Å²) < 4.78 is 0. The fourth-order valence-electron chi connectivity index (χ4n) is 2.65. The third-order valence-electron chi connectivity index (χ3n) is 3.84. The average molecular weight is 239 g/mol. The Labute approximate surface area is 104 Å². The van der Waals surface area contributed by atoms with Crippen molar-refractivity contribution in [3.63, 3.8) is 0 Å². The number of nitrogens with zero attached hydrogens (tertiary/aromatic N) is 1. The number of carbonyl (C=O) groups is 1. The standard InChI is InChI=1S/C13H25N3O/c1-10-3-2-6-16(9-10)12(8-14)7-13(17)15-11-4-5-11/h10-12H,2-9,14H2,1H3,(H,15,17). The van der Waals surface area contributed by atoms with Gasteiger partial charge >= 0.3 is 0 Å². The maximum atomic E-state index is 11.8. The molecule has 1 aliphatic heterocycles. The van der Waals surface area contributed by atoms with Gasteiger partial charge in [0.05, 0.1) is 0 Å². The molecule has 1 amide bonds. The van der Waals surface area contributed by atoms with Crippen molar-refractivity contribution in [2.24, 2.45) is 11.7 Å². The molecular formula is C13H25N3O. The highest BCUT2D eigenvalue weighted by Gasteiger charge is 2.27. The average Bonchev–Trinajstić information content (AvgIpc) is 3.09. The fraction of sp³-hybridized carbons (Fsp3) is 0.923. The first-order chi connectivity index (χ1) is 8.19. The summed E-state index contributed by atoms with van der Waals surface area (Å²) in [5.41, 5.74) is 5.82. The minimum absolute atomic E-state index is 0.182. The first-order valence-electron chi connectivity index (χ1n) is 6.92. The number of carbonyl (C=O) groups excluding carboxylic acids is 1. The van der Waals surface area contributed by atoms with E-state index in [0.29, 0.717) is 19.0 Å². The molecule has 2 aliphatic rings. The van der Waals surface area contributed by atoms with Crippen LogP contribution in [0.15, 0.2) is 0 Å². The Morgan fingerprint density at radius 3 is 2.82 bits per heavy atom. The molecular weight excluding hydrogens is 214 g/mol. The van der Waals surface area contributed by atoms with Gasteiger partial charge in [-0.1, -0.05) is 6.92 Å². The van der Waals surface area contributed by atoms with Crippen LogP contribution in [0.2, 0.25) is 0 Å². The van der Waals surface area contributed by atoms with Gasteiger partial charge in [0, 0.05) is 31.6 Å². The fourth-order valence-corrected chi connectivity index (χ4v) is 2.65. The second kappa shape index (κ2) is 5.83. The van der Waals surface area contributed by atoms with Gasteiger partial charge in [-0.3, -0.25) is 9.69 Å². The summed E-state index contributed by atoms with van der Waals surface area (Å²) in [6.07, 6.45) is 5.42. The molecule has 1 aliphatic carbocycles. The van der Waals surface area contributed by atoms with Gasteiger partial charge in [-0.15, -0.1) is 0 Å². The van der Waals surface area contributed by atoms with Crippen LogP contribution in [0.3, 0.4) is 0 Å². The van der Waals surface area contributed by atoms with E-state index in [0.717, 1.165) is 31.8 Å². The maximum absolute atomic E-state index is 11.8.